The molecular weight excluding hydrogens is 304 g/mol. The Balaban J connectivity index is 2.43. The number of rotatable bonds is 4. The molecule has 124 valence electrons. The number of fused-ring (bicyclic) bond motifs is 1. The molecular formula is C20H20O4. The zero-order valence-electron chi connectivity index (χ0n) is 14.3. The van der Waals surface area contributed by atoms with Crippen LogP contribution in [0.1, 0.15) is 27.7 Å². The van der Waals surface area contributed by atoms with Crippen LogP contribution < -0.4 is 9.47 Å². The van der Waals surface area contributed by atoms with Crippen LogP contribution in [0.5, 0.6) is 11.5 Å². The highest BCUT2D eigenvalue weighted by Gasteiger charge is 2.13. The van der Waals surface area contributed by atoms with Gasteiger partial charge in [0.2, 0.25) is 0 Å². The minimum absolute atomic E-state index is 0.215. The Morgan fingerprint density at radius 3 is 1.46 bits per heavy atom. The van der Waals surface area contributed by atoms with E-state index in [1.54, 1.807) is 39.8 Å². The number of benzene rings is 2. The van der Waals surface area contributed by atoms with E-state index in [-0.39, 0.29) is 11.5 Å². The van der Waals surface area contributed by atoms with Crippen LogP contribution in [0.2, 0.25) is 0 Å². The largest absolute Gasteiger partial charge is 0.419 e. The number of carbonyl (C=O) groups is 2. The SMILES string of the molecule is CC(C)=CC(=O)Oc1cc2ccccc2cc1OC(=O)C=C(C)C. The van der Waals surface area contributed by atoms with Gasteiger partial charge in [-0.25, -0.2) is 9.59 Å². The van der Waals surface area contributed by atoms with Gasteiger partial charge in [0, 0.05) is 12.2 Å². The first-order chi connectivity index (χ1) is 11.3. The molecule has 4 heteroatoms. The Kier molecular flexibility index (Phi) is 5.53. The summed E-state index contributed by atoms with van der Waals surface area (Å²) in [6.07, 6.45) is 2.77. The van der Waals surface area contributed by atoms with E-state index in [1.807, 2.05) is 24.3 Å². The molecule has 0 atom stereocenters. The molecule has 0 saturated heterocycles. The maximum Gasteiger partial charge on any atom is 0.336 e. The third-order valence-corrected chi connectivity index (χ3v) is 3.05. The molecule has 0 aliphatic carbocycles. The fraction of sp³-hybridized carbons (Fsp3) is 0.200. The van der Waals surface area contributed by atoms with Gasteiger partial charge in [0.15, 0.2) is 11.5 Å². The second kappa shape index (κ2) is 7.59. The zero-order chi connectivity index (χ0) is 17.7. The van der Waals surface area contributed by atoms with Gasteiger partial charge in [-0.1, -0.05) is 35.4 Å². The molecule has 0 aliphatic heterocycles. The Labute approximate surface area is 141 Å². The molecule has 4 nitrogen and oxygen atoms in total. The highest BCUT2D eigenvalue weighted by atomic mass is 16.6. The summed E-state index contributed by atoms with van der Waals surface area (Å²) in [4.78, 5) is 23.8. The summed E-state index contributed by atoms with van der Waals surface area (Å²) in [7, 11) is 0. The van der Waals surface area contributed by atoms with Crippen molar-refractivity contribution >= 4 is 22.7 Å². The van der Waals surface area contributed by atoms with Gasteiger partial charge >= 0.3 is 11.9 Å². The van der Waals surface area contributed by atoms with Gasteiger partial charge in [-0.15, -0.1) is 0 Å². The topological polar surface area (TPSA) is 52.6 Å². The van der Waals surface area contributed by atoms with Gasteiger partial charge in [-0.3, -0.25) is 0 Å². The zero-order valence-corrected chi connectivity index (χ0v) is 14.3. The molecule has 0 saturated carbocycles. The van der Waals surface area contributed by atoms with E-state index in [4.69, 9.17) is 9.47 Å². The van der Waals surface area contributed by atoms with E-state index < -0.39 is 11.9 Å². The predicted molar refractivity (Wildman–Crippen MR) is 94.1 cm³/mol. The van der Waals surface area contributed by atoms with E-state index in [1.165, 1.54) is 12.2 Å². The van der Waals surface area contributed by atoms with Crippen molar-refractivity contribution in [2.24, 2.45) is 0 Å². The lowest BCUT2D eigenvalue weighted by Gasteiger charge is -2.11. The van der Waals surface area contributed by atoms with Crippen LogP contribution in [-0.2, 0) is 9.59 Å². The summed E-state index contributed by atoms with van der Waals surface area (Å²) in [5.41, 5.74) is 1.65. The van der Waals surface area contributed by atoms with Gasteiger partial charge in [-0.05, 0) is 50.6 Å². The fourth-order valence-corrected chi connectivity index (χ4v) is 2.11. The van der Waals surface area contributed by atoms with E-state index in [0.717, 1.165) is 21.9 Å². The summed E-state index contributed by atoms with van der Waals surface area (Å²) in [5, 5.41) is 1.78. The van der Waals surface area contributed by atoms with Gasteiger partial charge < -0.3 is 9.47 Å². The molecule has 0 fully saturated rings. The first-order valence-electron chi connectivity index (χ1n) is 7.61. The number of hydrogen-bond acceptors (Lipinski definition) is 4. The van der Waals surface area contributed by atoms with Gasteiger partial charge in [0.25, 0.3) is 0 Å². The van der Waals surface area contributed by atoms with Crippen LogP contribution in [0.15, 0.2) is 59.7 Å². The molecule has 0 heterocycles. The molecule has 0 unspecified atom stereocenters. The van der Waals surface area contributed by atoms with Crippen LogP contribution in [0.3, 0.4) is 0 Å². The maximum absolute atomic E-state index is 11.9. The van der Waals surface area contributed by atoms with Gasteiger partial charge in [-0.2, -0.15) is 0 Å². The molecule has 0 amide bonds. The van der Waals surface area contributed by atoms with E-state index in [2.05, 4.69) is 0 Å². The van der Waals surface area contributed by atoms with Crippen LogP contribution in [0.25, 0.3) is 10.8 Å². The third kappa shape index (κ3) is 4.81. The fourth-order valence-electron chi connectivity index (χ4n) is 2.11. The van der Waals surface area contributed by atoms with Crippen molar-refractivity contribution in [3.63, 3.8) is 0 Å². The van der Waals surface area contributed by atoms with E-state index >= 15 is 0 Å². The minimum Gasteiger partial charge on any atom is -0.419 e. The highest BCUT2D eigenvalue weighted by molar-refractivity contribution is 5.91. The Morgan fingerprint density at radius 1 is 0.750 bits per heavy atom. The van der Waals surface area contributed by atoms with Gasteiger partial charge in [0.05, 0.1) is 0 Å². The molecule has 2 rings (SSSR count). The number of esters is 2. The van der Waals surface area contributed by atoms with Crippen molar-refractivity contribution in [1.82, 2.24) is 0 Å². The summed E-state index contributed by atoms with van der Waals surface area (Å²) < 4.78 is 10.7. The summed E-state index contributed by atoms with van der Waals surface area (Å²) in [6.45, 7) is 7.21. The van der Waals surface area contributed by atoms with Gasteiger partial charge in [0.1, 0.15) is 0 Å². The number of allylic oxidation sites excluding steroid dienone is 2. The molecule has 0 aromatic heterocycles. The lowest BCUT2D eigenvalue weighted by Crippen LogP contribution is -2.09. The number of ether oxygens (including phenoxy) is 2. The van der Waals surface area contributed by atoms with Crippen LogP contribution in [-0.4, -0.2) is 11.9 Å². The van der Waals surface area contributed by atoms with Crippen molar-refractivity contribution in [1.29, 1.82) is 0 Å². The molecule has 2 aromatic carbocycles. The van der Waals surface area contributed by atoms with Crippen LogP contribution in [0.4, 0.5) is 0 Å². The Morgan fingerprint density at radius 2 is 1.12 bits per heavy atom. The Bertz CT molecular complexity index is 765. The standard InChI is InChI=1S/C20H20O4/c1-13(2)9-19(21)23-17-11-15-7-5-6-8-16(15)12-18(17)24-20(22)10-14(3)4/h5-12H,1-4H3. The normalized spacial score (nSPS) is 10.0. The molecule has 0 bridgehead atoms. The quantitative estimate of drug-likeness (QED) is 0.469. The predicted octanol–water partition coefficient (Wildman–Crippen LogP) is 4.58. The van der Waals surface area contributed by atoms with E-state index in [9.17, 15) is 9.59 Å². The smallest absolute Gasteiger partial charge is 0.336 e. The highest BCUT2D eigenvalue weighted by Crippen LogP contribution is 2.33. The molecule has 2 aromatic rings. The van der Waals surface area contributed by atoms with Crippen molar-refractivity contribution < 1.29 is 19.1 Å². The Hall–Kier alpha value is -2.88. The van der Waals surface area contributed by atoms with Crippen molar-refractivity contribution in [2.45, 2.75) is 27.7 Å². The van der Waals surface area contributed by atoms with Crippen molar-refractivity contribution in [3.05, 3.63) is 59.7 Å². The summed E-state index contributed by atoms with van der Waals surface area (Å²) in [6, 6.07) is 11.0. The lowest BCUT2D eigenvalue weighted by molar-refractivity contribution is -0.131. The van der Waals surface area contributed by atoms with Crippen LogP contribution in [0, 0.1) is 0 Å². The third-order valence-electron chi connectivity index (χ3n) is 3.05. The average Bonchev–Trinajstić information content (AvgIpc) is 2.46. The lowest BCUT2D eigenvalue weighted by atomic mass is 10.1. The molecule has 0 spiro atoms. The maximum atomic E-state index is 11.9. The molecule has 0 aliphatic rings. The summed E-state index contributed by atoms with van der Waals surface area (Å²) >= 11 is 0. The first-order valence-corrected chi connectivity index (χ1v) is 7.61. The average molecular weight is 324 g/mol. The van der Waals surface area contributed by atoms with E-state index in [0.29, 0.717) is 0 Å². The second-order valence-corrected chi connectivity index (χ2v) is 5.93. The molecule has 0 N–H and O–H groups in total. The molecule has 24 heavy (non-hydrogen) atoms. The molecule has 0 radical (unpaired) electrons. The summed E-state index contributed by atoms with van der Waals surface area (Å²) in [5.74, 6) is -0.590. The number of hydrogen-bond donors (Lipinski definition) is 0. The number of carbonyl (C=O) groups excluding carboxylic acids is 2. The second-order valence-electron chi connectivity index (χ2n) is 5.93. The van der Waals surface area contributed by atoms with Crippen molar-refractivity contribution in [2.75, 3.05) is 0 Å². The van der Waals surface area contributed by atoms with Crippen molar-refractivity contribution in [3.8, 4) is 11.5 Å². The monoisotopic (exact) mass is 324 g/mol. The first kappa shape index (κ1) is 17.5. The van der Waals surface area contributed by atoms with Crippen LogP contribution >= 0.6 is 0 Å². The minimum atomic E-state index is -0.509.